The summed E-state index contributed by atoms with van der Waals surface area (Å²) in [6.45, 7) is 3.50. The molecule has 0 atom stereocenters. The third-order valence-electron chi connectivity index (χ3n) is 5.48. The van der Waals surface area contributed by atoms with Crippen molar-refractivity contribution in [3.05, 3.63) is 81.7 Å². The first kappa shape index (κ1) is 23.3. The maximum atomic E-state index is 12.9. The molecule has 2 heterocycles. The number of imide groups is 1. The van der Waals surface area contributed by atoms with Crippen molar-refractivity contribution in [2.24, 2.45) is 0 Å². The van der Waals surface area contributed by atoms with Crippen LogP contribution in [0, 0.1) is 13.8 Å². The van der Waals surface area contributed by atoms with Gasteiger partial charge in [0.2, 0.25) is 5.91 Å². The Morgan fingerprint density at radius 3 is 2.62 bits per heavy atom. The van der Waals surface area contributed by atoms with E-state index >= 15 is 0 Å². The molecule has 1 aliphatic heterocycles. The number of halogens is 1. The van der Waals surface area contributed by atoms with Crippen molar-refractivity contribution in [1.82, 2.24) is 14.8 Å². The van der Waals surface area contributed by atoms with Crippen molar-refractivity contribution in [2.75, 3.05) is 19.0 Å². The van der Waals surface area contributed by atoms with Gasteiger partial charge in [0.05, 0.1) is 12.8 Å². The lowest BCUT2D eigenvalue weighted by Gasteiger charge is -2.13. The lowest BCUT2D eigenvalue weighted by molar-refractivity contribution is -0.127. The number of para-hydroxylation sites is 2. The fraction of sp³-hybridized carbons (Fsp3) is 0.160. The summed E-state index contributed by atoms with van der Waals surface area (Å²) in [5.41, 5.74) is 4.24. The van der Waals surface area contributed by atoms with Crippen LogP contribution in [0.4, 0.5) is 10.5 Å². The van der Waals surface area contributed by atoms with Gasteiger partial charge >= 0.3 is 6.03 Å². The van der Waals surface area contributed by atoms with Gasteiger partial charge in [-0.1, -0.05) is 34.1 Å². The minimum Gasteiger partial charge on any atom is -0.495 e. The molecule has 34 heavy (non-hydrogen) atoms. The summed E-state index contributed by atoms with van der Waals surface area (Å²) in [6.07, 6.45) is 1.63. The van der Waals surface area contributed by atoms with Gasteiger partial charge in [-0.05, 0) is 61.9 Å². The minimum atomic E-state index is -0.646. The van der Waals surface area contributed by atoms with Gasteiger partial charge in [-0.15, -0.1) is 0 Å². The molecule has 1 fully saturated rings. The molecule has 4 amide bonds. The summed E-state index contributed by atoms with van der Waals surface area (Å²) < 4.78 is 8.24. The number of carbonyl (C=O) groups excluding carboxylic acids is 3. The van der Waals surface area contributed by atoms with Crippen LogP contribution in [0.15, 0.2) is 64.8 Å². The third kappa shape index (κ3) is 4.60. The van der Waals surface area contributed by atoms with Gasteiger partial charge in [-0.2, -0.15) is 0 Å². The zero-order valence-electron chi connectivity index (χ0n) is 18.9. The SMILES string of the molecule is COc1ccccc1NC(=O)CN1C(=O)N/C(=C/c2cc(C)n(-c3cccc(Br)c3)c2C)C1=O. The lowest BCUT2D eigenvalue weighted by atomic mass is 10.2. The van der Waals surface area contributed by atoms with E-state index in [4.69, 9.17) is 4.74 Å². The molecule has 1 aliphatic rings. The largest absolute Gasteiger partial charge is 0.495 e. The van der Waals surface area contributed by atoms with Crippen molar-refractivity contribution in [3.63, 3.8) is 0 Å². The van der Waals surface area contributed by atoms with E-state index in [2.05, 4.69) is 31.1 Å². The Kier molecular flexibility index (Phi) is 6.56. The molecule has 9 heteroatoms. The molecule has 0 bridgehead atoms. The predicted molar refractivity (Wildman–Crippen MR) is 133 cm³/mol. The molecule has 0 unspecified atom stereocenters. The molecule has 3 aromatic rings. The number of amides is 4. The second-order valence-corrected chi connectivity index (χ2v) is 8.69. The van der Waals surface area contributed by atoms with Crippen LogP contribution in [0.3, 0.4) is 0 Å². The van der Waals surface area contributed by atoms with Crippen molar-refractivity contribution in [2.45, 2.75) is 13.8 Å². The fourth-order valence-electron chi connectivity index (χ4n) is 3.90. The second-order valence-electron chi connectivity index (χ2n) is 7.77. The summed E-state index contributed by atoms with van der Waals surface area (Å²) in [4.78, 5) is 38.7. The monoisotopic (exact) mass is 522 g/mol. The summed E-state index contributed by atoms with van der Waals surface area (Å²) in [5, 5.41) is 5.25. The molecule has 0 spiro atoms. The number of aryl methyl sites for hydroxylation is 1. The molecule has 1 saturated heterocycles. The minimum absolute atomic E-state index is 0.115. The van der Waals surface area contributed by atoms with E-state index in [1.165, 1.54) is 7.11 Å². The molecule has 0 aliphatic carbocycles. The lowest BCUT2D eigenvalue weighted by Crippen LogP contribution is -2.38. The number of anilines is 1. The summed E-state index contributed by atoms with van der Waals surface area (Å²) >= 11 is 3.49. The molecular weight excluding hydrogens is 500 g/mol. The Bertz CT molecular complexity index is 1330. The Labute approximate surface area is 205 Å². The number of methoxy groups -OCH3 is 1. The first-order valence-corrected chi connectivity index (χ1v) is 11.3. The fourth-order valence-corrected chi connectivity index (χ4v) is 4.29. The van der Waals surface area contributed by atoms with Crippen molar-refractivity contribution >= 4 is 45.5 Å². The van der Waals surface area contributed by atoms with Crippen LogP contribution in [0.2, 0.25) is 0 Å². The number of ether oxygens (including phenoxy) is 1. The average molecular weight is 523 g/mol. The van der Waals surface area contributed by atoms with Crippen LogP contribution < -0.4 is 15.4 Å². The Morgan fingerprint density at radius 2 is 1.88 bits per heavy atom. The van der Waals surface area contributed by atoms with E-state index < -0.39 is 24.4 Å². The van der Waals surface area contributed by atoms with E-state index in [0.29, 0.717) is 11.4 Å². The summed E-state index contributed by atoms with van der Waals surface area (Å²) in [7, 11) is 1.49. The maximum Gasteiger partial charge on any atom is 0.329 e. The zero-order valence-corrected chi connectivity index (χ0v) is 20.5. The maximum absolute atomic E-state index is 12.9. The van der Waals surface area contributed by atoms with Crippen LogP contribution in [0.5, 0.6) is 5.75 Å². The molecule has 174 valence electrons. The van der Waals surface area contributed by atoms with E-state index in [0.717, 1.165) is 32.0 Å². The first-order chi connectivity index (χ1) is 16.3. The highest BCUT2D eigenvalue weighted by Gasteiger charge is 2.35. The van der Waals surface area contributed by atoms with E-state index in [9.17, 15) is 14.4 Å². The normalized spacial score (nSPS) is 14.5. The highest BCUT2D eigenvalue weighted by molar-refractivity contribution is 9.10. The van der Waals surface area contributed by atoms with Gasteiger partial charge in [-0.3, -0.25) is 9.59 Å². The predicted octanol–water partition coefficient (Wildman–Crippen LogP) is 4.40. The van der Waals surface area contributed by atoms with Gasteiger partial charge in [0.15, 0.2) is 0 Å². The Hall–Kier alpha value is -3.85. The molecule has 2 N–H and O–H groups in total. The average Bonchev–Trinajstić information content (AvgIpc) is 3.23. The molecular formula is C25H23BrN4O4. The van der Waals surface area contributed by atoms with Crippen LogP contribution >= 0.6 is 15.9 Å². The van der Waals surface area contributed by atoms with Gasteiger partial charge in [0.25, 0.3) is 5.91 Å². The number of hydrogen-bond acceptors (Lipinski definition) is 4. The van der Waals surface area contributed by atoms with Crippen molar-refractivity contribution < 1.29 is 19.1 Å². The molecule has 0 saturated carbocycles. The highest BCUT2D eigenvalue weighted by atomic mass is 79.9. The van der Waals surface area contributed by atoms with Gasteiger partial charge in [0.1, 0.15) is 18.0 Å². The van der Waals surface area contributed by atoms with E-state index in [-0.39, 0.29) is 5.70 Å². The zero-order chi connectivity index (χ0) is 24.4. The van der Waals surface area contributed by atoms with Gasteiger partial charge in [0, 0.05) is 21.5 Å². The van der Waals surface area contributed by atoms with Crippen LogP contribution in [0.1, 0.15) is 17.0 Å². The number of urea groups is 1. The third-order valence-corrected chi connectivity index (χ3v) is 5.97. The second kappa shape index (κ2) is 9.56. The molecule has 1 aromatic heterocycles. The van der Waals surface area contributed by atoms with E-state index in [1.54, 1.807) is 30.3 Å². The van der Waals surface area contributed by atoms with Crippen LogP contribution in [0.25, 0.3) is 11.8 Å². The molecule has 0 radical (unpaired) electrons. The first-order valence-electron chi connectivity index (χ1n) is 10.5. The van der Waals surface area contributed by atoms with Crippen molar-refractivity contribution in [1.29, 1.82) is 0 Å². The number of rotatable bonds is 6. The van der Waals surface area contributed by atoms with Gasteiger partial charge in [-0.25, -0.2) is 9.69 Å². The van der Waals surface area contributed by atoms with Crippen LogP contribution in [-0.2, 0) is 9.59 Å². The number of nitrogens with one attached hydrogen (secondary N) is 2. The number of nitrogens with zero attached hydrogens (tertiary/aromatic N) is 2. The number of benzene rings is 2. The van der Waals surface area contributed by atoms with Gasteiger partial charge < -0.3 is 19.9 Å². The highest BCUT2D eigenvalue weighted by Crippen LogP contribution is 2.26. The quantitative estimate of drug-likeness (QED) is 0.370. The Balaban J connectivity index is 1.53. The number of carbonyl (C=O) groups is 3. The smallest absolute Gasteiger partial charge is 0.329 e. The molecule has 8 nitrogen and oxygen atoms in total. The standard InChI is InChI=1S/C25H23BrN4O4/c1-15-11-17(16(2)30(15)19-8-6-7-18(26)13-19)12-21-24(32)29(25(33)28-21)14-23(31)27-20-9-4-5-10-22(20)34-3/h4-13H,14H2,1-3H3,(H,27,31)(H,28,33)/b21-12+. The summed E-state index contributed by atoms with van der Waals surface area (Å²) in [6, 6.07) is 16.1. The summed E-state index contributed by atoms with van der Waals surface area (Å²) in [5.74, 6) is -0.594. The van der Waals surface area contributed by atoms with E-state index in [1.807, 2.05) is 44.2 Å². The topological polar surface area (TPSA) is 92.7 Å². The number of hydrogen-bond donors (Lipinski definition) is 2. The van der Waals surface area contributed by atoms with Crippen molar-refractivity contribution in [3.8, 4) is 11.4 Å². The molecule has 4 rings (SSSR count). The Morgan fingerprint density at radius 1 is 1.12 bits per heavy atom. The number of aromatic nitrogens is 1. The molecule has 2 aromatic carbocycles. The van der Waals surface area contributed by atoms with Crippen LogP contribution in [-0.4, -0.2) is 41.0 Å².